The van der Waals surface area contributed by atoms with Crippen LogP contribution in [0.2, 0.25) is 0 Å². The minimum absolute atomic E-state index is 0.0105. The summed E-state index contributed by atoms with van der Waals surface area (Å²) >= 11 is 0. The van der Waals surface area contributed by atoms with Crippen LogP contribution >= 0.6 is 0 Å². The van der Waals surface area contributed by atoms with Crippen LogP contribution in [0.25, 0.3) is 0 Å². The van der Waals surface area contributed by atoms with Gasteiger partial charge in [0.2, 0.25) is 0 Å². The lowest BCUT2D eigenvalue weighted by Gasteiger charge is -2.51. The maximum Gasteiger partial charge on any atom is 0.252 e. The average Bonchev–Trinajstić information content (AvgIpc) is 3.57. The summed E-state index contributed by atoms with van der Waals surface area (Å²) in [4.78, 5) is 10.6. The molecule has 1 aliphatic carbocycles. The van der Waals surface area contributed by atoms with Crippen LogP contribution in [0.15, 0.2) is 133 Å². The SMILES string of the molecule is CC(C)c1cc2c3c(c1)N1c4c(cccc4N(c4ccccc4)C1(C)C)B3c1ccc(N3c4ccccc4C4(C)CCCCC34C)cc1N2c1ccccc1. The molecule has 0 N–H and O–H groups in total. The van der Waals surface area contributed by atoms with Crippen molar-refractivity contribution in [1.82, 2.24) is 0 Å². The van der Waals surface area contributed by atoms with E-state index in [2.05, 4.69) is 195 Å². The van der Waals surface area contributed by atoms with Gasteiger partial charge in [-0.25, -0.2) is 0 Å². The number of fused-ring (bicyclic) bond motifs is 7. The van der Waals surface area contributed by atoms with Gasteiger partial charge in [0.25, 0.3) is 6.71 Å². The van der Waals surface area contributed by atoms with Gasteiger partial charge in [-0.3, -0.25) is 0 Å². The predicted molar refractivity (Wildman–Crippen MR) is 234 cm³/mol. The zero-order chi connectivity index (χ0) is 37.4. The second-order valence-corrected chi connectivity index (χ2v) is 17.9. The fourth-order valence-electron chi connectivity index (χ4n) is 11.6. The fourth-order valence-corrected chi connectivity index (χ4v) is 11.6. The minimum atomic E-state index is -0.346. The molecule has 4 aliphatic heterocycles. The highest BCUT2D eigenvalue weighted by Gasteiger charge is 2.58. The van der Waals surface area contributed by atoms with Crippen LogP contribution in [0.4, 0.5) is 51.2 Å². The quantitative estimate of drug-likeness (QED) is 0.168. The summed E-state index contributed by atoms with van der Waals surface area (Å²) in [6.45, 7) is 14.6. The summed E-state index contributed by atoms with van der Waals surface area (Å²) in [5.74, 6) is 0.364. The largest absolute Gasteiger partial charge is 0.334 e. The highest BCUT2D eigenvalue weighted by atomic mass is 15.5. The van der Waals surface area contributed by atoms with E-state index < -0.39 is 0 Å². The van der Waals surface area contributed by atoms with Crippen LogP contribution in [0.5, 0.6) is 0 Å². The van der Waals surface area contributed by atoms with E-state index in [1.54, 1.807) is 0 Å². The first-order chi connectivity index (χ1) is 26.6. The third-order valence-corrected chi connectivity index (χ3v) is 14.4. The lowest BCUT2D eigenvalue weighted by molar-refractivity contribution is 0.195. The van der Waals surface area contributed by atoms with Crippen molar-refractivity contribution in [3.8, 4) is 0 Å². The summed E-state index contributed by atoms with van der Waals surface area (Å²) in [6.07, 6.45) is 4.96. The molecular weight excluding hydrogens is 667 g/mol. The van der Waals surface area contributed by atoms with Crippen molar-refractivity contribution in [2.75, 3.05) is 19.6 Å². The Labute approximate surface area is 327 Å². The third-order valence-electron chi connectivity index (χ3n) is 14.4. The molecule has 0 saturated heterocycles. The number of para-hydroxylation sites is 4. The van der Waals surface area contributed by atoms with Crippen molar-refractivity contribution >= 4 is 74.3 Å². The van der Waals surface area contributed by atoms with E-state index in [4.69, 9.17) is 0 Å². The lowest BCUT2D eigenvalue weighted by Crippen LogP contribution is -2.63. The van der Waals surface area contributed by atoms with Gasteiger partial charge >= 0.3 is 0 Å². The van der Waals surface area contributed by atoms with E-state index in [1.165, 1.54) is 104 Å². The molecule has 0 amide bonds. The van der Waals surface area contributed by atoms with Crippen LogP contribution in [0, 0.1) is 0 Å². The summed E-state index contributed by atoms with van der Waals surface area (Å²) in [5.41, 5.74) is 18.3. The van der Waals surface area contributed by atoms with Gasteiger partial charge in [-0.1, -0.05) is 106 Å². The molecule has 5 aliphatic rings. The average molecular weight is 717 g/mol. The number of rotatable bonds is 4. The molecule has 0 radical (unpaired) electrons. The smallest absolute Gasteiger partial charge is 0.252 e. The van der Waals surface area contributed by atoms with Crippen LogP contribution < -0.4 is 36.0 Å². The molecule has 4 nitrogen and oxygen atoms in total. The number of hydrogen-bond acceptors (Lipinski definition) is 4. The first-order valence-corrected chi connectivity index (χ1v) is 20.5. The van der Waals surface area contributed by atoms with Crippen molar-refractivity contribution in [2.45, 2.75) is 89.8 Å². The van der Waals surface area contributed by atoms with E-state index >= 15 is 0 Å². The van der Waals surface area contributed by atoms with Gasteiger partial charge in [0.1, 0.15) is 5.66 Å². The Balaban J connectivity index is 1.20. The summed E-state index contributed by atoms with van der Waals surface area (Å²) in [6, 6.07) is 50.9. The van der Waals surface area contributed by atoms with Gasteiger partial charge in [-0.05, 0) is 128 Å². The van der Waals surface area contributed by atoms with Crippen LogP contribution in [0.1, 0.15) is 84.3 Å². The van der Waals surface area contributed by atoms with E-state index in [9.17, 15) is 0 Å². The zero-order valence-corrected chi connectivity index (χ0v) is 33.0. The first kappa shape index (κ1) is 33.0. The zero-order valence-electron chi connectivity index (χ0n) is 33.0. The van der Waals surface area contributed by atoms with Crippen molar-refractivity contribution in [3.05, 3.63) is 145 Å². The maximum atomic E-state index is 2.74. The van der Waals surface area contributed by atoms with E-state index in [1.807, 2.05) is 0 Å². The maximum absolute atomic E-state index is 2.74. The predicted octanol–water partition coefficient (Wildman–Crippen LogP) is 11.2. The first-order valence-electron chi connectivity index (χ1n) is 20.5. The molecule has 6 aromatic rings. The molecule has 4 heterocycles. The Morgan fingerprint density at radius 3 is 1.96 bits per heavy atom. The molecule has 5 heteroatoms. The van der Waals surface area contributed by atoms with Crippen LogP contribution in [-0.2, 0) is 5.41 Å². The van der Waals surface area contributed by atoms with Crippen LogP contribution in [-0.4, -0.2) is 17.9 Å². The number of hydrogen-bond donors (Lipinski definition) is 0. The van der Waals surface area contributed by atoms with E-state index in [-0.39, 0.29) is 23.3 Å². The second kappa shape index (κ2) is 11.3. The molecule has 55 heavy (non-hydrogen) atoms. The number of nitrogens with zero attached hydrogens (tertiary/aromatic N) is 4. The van der Waals surface area contributed by atoms with Gasteiger partial charge in [-0.2, -0.15) is 0 Å². The van der Waals surface area contributed by atoms with Gasteiger partial charge in [0.15, 0.2) is 0 Å². The standard InChI is InChI=1S/C50H49BN4/c1-33(2)34-30-44-46-45(31-34)55-47-40(23-17-25-42(47)53(48(55,3)4)36-20-11-8-12-21-36)51(46)39-27-26-37(32-43(39)52(44)35-18-9-7-10-19-35)54-41-24-14-13-22-38(41)49(5)28-15-16-29-50(49,54)6/h7-14,17-27,30-33H,15-16,28-29H2,1-6H3. The number of benzene rings is 6. The Morgan fingerprint density at radius 1 is 0.527 bits per heavy atom. The normalized spacial score (nSPS) is 22.3. The minimum Gasteiger partial charge on any atom is -0.334 e. The Hall–Kier alpha value is -5.42. The molecule has 1 saturated carbocycles. The second-order valence-electron chi connectivity index (χ2n) is 17.9. The third kappa shape index (κ3) is 4.19. The van der Waals surface area contributed by atoms with Crippen molar-refractivity contribution < 1.29 is 0 Å². The molecule has 272 valence electrons. The van der Waals surface area contributed by atoms with Crippen molar-refractivity contribution in [2.24, 2.45) is 0 Å². The van der Waals surface area contributed by atoms with E-state index in [0.717, 1.165) is 0 Å². The molecule has 11 rings (SSSR count). The highest BCUT2D eigenvalue weighted by molar-refractivity contribution is 7.00. The van der Waals surface area contributed by atoms with Gasteiger partial charge in [0.05, 0.1) is 16.9 Å². The molecule has 0 spiro atoms. The lowest BCUT2D eigenvalue weighted by atomic mass is 9.33. The van der Waals surface area contributed by atoms with Crippen molar-refractivity contribution in [3.63, 3.8) is 0 Å². The van der Waals surface area contributed by atoms with Gasteiger partial charge < -0.3 is 19.6 Å². The Morgan fingerprint density at radius 2 is 1.20 bits per heavy atom. The van der Waals surface area contributed by atoms with Gasteiger partial charge in [-0.15, -0.1) is 0 Å². The Bertz CT molecular complexity index is 2530. The summed E-state index contributed by atoms with van der Waals surface area (Å²) in [5, 5.41) is 0. The number of anilines is 9. The molecule has 2 unspecified atom stereocenters. The summed E-state index contributed by atoms with van der Waals surface area (Å²) < 4.78 is 0. The fraction of sp³-hybridized carbons (Fsp3) is 0.280. The molecule has 6 aromatic carbocycles. The Kier molecular flexibility index (Phi) is 6.78. The van der Waals surface area contributed by atoms with Gasteiger partial charge in [0, 0.05) is 45.2 Å². The van der Waals surface area contributed by atoms with Crippen LogP contribution in [0.3, 0.4) is 0 Å². The topological polar surface area (TPSA) is 13.0 Å². The molecule has 1 fully saturated rings. The molecular formula is C50H49BN4. The monoisotopic (exact) mass is 716 g/mol. The highest BCUT2D eigenvalue weighted by Crippen LogP contribution is 2.61. The summed E-state index contributed by atoms with van der Waals surface area (Å²) in [7, 11) is 0. The van der Waals surface area contributed by atoms with Crippen molar-refractivity contribution in [1.29, 1.82) is 0 Å². The molecule has 0 aromatic heterocycles. The molecule has 0 bridgehead atoms. The molecule has 2 atom stereocenters. The van der Waals surface area contributed by atoms with E-state index in [0.29, 0.717) is 5.92 Å².